The van der Waals surface area contributed by atoms with Crippen molar-refractivity contribution in [2.24, 2.45) is 5.92 Å². The zero-order valence-corrected chi connectivity index (χ0v) is 16.0. The molecule has 27 heavy (non-hydrogen) atoms. The van der Waals surface area contributed by atoms with Gasteiger partial charge in [-0.05, 0) is 50.5 Å². The highest BCUT2D eigenvalue weighted by Crippen LogP contribution is 2.27. The normalized spacial score (nSPS) is 12.9. The molecular weight excluding hydrogens is 344 g/mol. The third-order valence-electron chi connectivity index (χ3n) is 4.01. The molecule has 2 rings (SSSR count). The van der Waals surface area contributed by atoms with Crippen molar-refractivity contribution in [3.05, 3.63) is 41.9 Å². The first-order chi connectivity index (χ1) is 12.7. The fraction of sp³-hybridized carbons (Fsp3) is 0.400. The quantitative estimate of drug-likeness (QED) is 0.770. The second-order valence-electron chi connectivity index (χ2n) is 7.24. The lowest BCUT2D eigenvalue weighted by atomic mass is 9.91. The van der Waals surface area contributed by atoms with Gasteiger partial charge >= 0.3 is 6.09 Å². The van der Waals surface area contributed by atoms with Gasteiger partial charge in [0.05, 0.1) is 16.8 Å². The van der Waals surface area contributed by atoms with E-state index in [0.29, 0.717) is 17.7 Å². The molecule has 2 N–H and O–H groups in total. The fourth-order valence-corrected chi connectivity index (χ4v) is 3.06. The number of aromatic nitrogens is 2. The summed E-state index contributed by atoms with van der Waals surface area (Å²) in [6.45, 7) is 7.82. The van der Waals surface area contributed by atoms with Gasteiger partial charge in [0.1, 0.15) is 24.8 Å². The van der Waals surface area contributed by atoms with E-state index in [1.165, 1.54) is 6.33 Å². The van der Waals surface area contributed by atoms with Crippen LogP contribution in [-0.2, 0) is 0 Å². The van der Waals surface area contributed by atoms with Crippen molar-refractivity contribution in [3.63, 3.8) is 0 Å². The topological polar surface area (TPSA) is 108 Å². The number of amides is 1. The Labute approximate surface area is 159 Å². The summed E-state index contributed by atoms with van der Waals surface area (Å²) in [7, 11) is 0. The monoisotopic (exact) mass is 368 g/mol. The largest absolute Gasteiger partial charge is 0.490 e. The Balaban J connectivity index is 2.23. The summed E-state index contributed by atoms with van der Waals surface area (Å²) in [5, 5.41) is 21.1. The lowest BCUT2D eigenvalue weighted by molar-refractivity contribution is 0.143. The van der Waals surface area contributed by atoms with Crippen LogP contribution >= 0.6 is 0 Å². The lowest BCUT2D eigenvalue weighted by Crippen LogP contribution is -2.50. The number of ether oxygens (including phenoxy) is 1. The molecule has 7 nitrogen and oxygen atoms in total. The van der Waals surface area contributed by atoms with Crippen LogP contribution in [0.15, 0.2) is 30.6 Å². The van der Waals surface area contributed by atoms with E-state index in [1.54, 1.807) is 19.1 Å². The zero-order chi connectivity index (χ0) is 20.0. The minimum atomic E-state index is -1.10. The highest BCUT2D eigenvalue weighted by molar-refractivity contribution is 5.66. The second-order valence-corrected chi connectivity index (χ2v) is 7.24. The van der Waals surface area contributed by atoms with Gasteiger partial charge in [0.2, 0.25) is 0 Å². The van der Waals surface area contributed by atoms with Crippen LogP contribution in [0, 0.1) is 24.2 Å². The predicted molar refractivity (Wildman–Crippen MR) is 101 cm³/mol. The number of aryl methyl sites for hydroxylation is 1. The SMILES string of the molecule is Cc1cc(-c2ccc(OCC(C)(CC(C)C)NC(=O)O)c(C#N)c2)ncn1. The van der Waals surface area contributed by atoms with Gasteiger partial charge in [-0.15, -0.1) is 0 Å². The molecule has 0 aliphatic heterocycles. The summed E-state index contributed by atoms with van der Waals surface area (Å²) in [5.41, 5.74) is 1.96. The van der Waals surface area contributed by atoms with Gasteiger partial charge in [-0.2, -0.15) is 5.26 Å². The maximum Gasteiger partial charge on any atom is 0.405 e. The summed E-state index contributed by atoms with van der Waals surface area (Å²) >= 11 is 0. The maximum absolute atomic E-state index is 11.1. The lowest BCUT2D eigenvalue weighted by Gasteiger charge is -2.31. The Kier molecular flexibility index (Phi) is 6.35. The number of hydrogen-bond acceptors (Lipinski definition) is 5. The van der Waals surface area contributed by atoms with Gasteiger partial charge in [-0.25, -0.2) is 14.8 Å². The summed E-state index contributed by atoms with van der Waals surface area (Å²) in [4.78, 5) is 19.4. The van der Waals surface area contributed by atoms with Crippen LogP contribution in [-0.4, -0.2) is 33.3 Å². The van der Waals surface area contributed by atoms with E-state index in [9.17, 15) is 10.1 Å². The van der Waals surface area contributed by atoms with Crippen LogP contribution in [0.1, 0.15) is 38.4 Å². The molecule has 0 aliphatic rings. The van der Waals surface area contributed by atoms with Gasteiger partial charge in [0.25, 0.3) is 0 Å². The number of carbonyl (C=O) groups is 1. The molecule has 1 heterocycles. The minimum absolute atomic E-state index is 0.123. The molecule has 142 valence electrons. The molecular formula is C20H24N4O3. The van der Waals surface area contributed by atoms with Crippen molar-refractivity contribution in [2.45, 2.75) is 39.7 Å². The summed E-state index contributed by atoms with van der Waals surface area (Å²) in [6, 6.07) is 9.22. The Bertz CT molecular complexity index is 861. The average molecular weight is 368 g/mol. The summed E-state index contributed by atoms with van der Waals surface area (Å²) in [5.74, 6) is 0.693. The van der Waals surface area contributed by atoms with E-state index in [0.717, 1.165) is 17.0 Å². The van der Waals surface area contributed by atoms with Crippen LogP contribution in [0.25, 0.3) is 11.3 Å². The van der Waals surface area contributed by atoms with Crippen molar-refractivity contribution in [1.82, 2.24) is 15.3 Å². The zero-order valence-electron chi connectivity index (χ0n) is 16.0. The van der Waals surface area contributed by atoms with Gasteiger partial charge in [-0.3, -0.25) is 0 Å². The molecule has 0 bridgehead atoms. The smallest absolute Gasteiger partial charge is 0.405 e. The summed E-state index contributed by atoms with van der Waals surface area (Å²) < 4.78 is 5.83. The number of nitrogens with zero attached hydrogens (tertiary/aromatic N) is 3. The average Bonchev–Trinajstić information content (AvgIpc) is 2.58. The molecule has 0 fully saturated rings. The van der Waals surface area contributed by atoms with Crippen molar-refractivity contribution in [1.29, 1.82) is 5.26 Å². The number of hydrogen-bond donors (Lipinski definition) is 2. The number of nitriles is 1. The van der Waals surface area contributed by atoms with Crippen LogP contribution < -0.4 is 10.1 Å². The first-order valence-corrected chi connectivity index (χ1v) is 8.69. The number of benzene rings is 1. The molecule has 2 aromatic rings. The van der Waals surface area contributed by atoms with E-state index < -0.39 is 11.6 Å². The van der Waals surface area contributed by atoms with Crippen molar-refractivity contribution < 1.29 is 14.6 Å². The highest BCUT2D eigenvalue weighted by atomic mass is 16.5. The molecule has 7 heteroatoms. The van der Waals surface area contributed by atoms with Gasteiger partial charge in [0, 0.05) is 11.3 Å². The van der Waals surface area contributed by atoms with Crippen LogP contribution in [0.4, 0.5) is 4.79 Å². The molecule has 1 aromatic heterocycles. The molecule has 1 aromatic carbocycles. The molecule has 0 aliphatic carbocycles. The van der Waals surface area contributed by atoms with E-state index >= 15 is 0 Å². The maximum atomic E-state index is 11.1. The highest BCUT2D eigenvalue weighted by Gasteiger charge is 2.29. The first kappa shape index (κ1) is 20.2. The Morgan fingerprint density at radius 3 is 2.70 bits per heavy atom. The summed E-state index contributed by atoms with van der Waals surface area (Å²) in [6.07, 6.45) is 0.993. The molecule has 1 amide bonds. The van der Waals surface area contributed by atoms with E-state index in [2.05, 4.69) is 21.4 Å². The molecule has 0 radical (unpaired) electrons. The molecule has 0 saturated heterocycles. The van der Waals surface area contributed by atoms with Crippen LogP contribution in [0.3, 0.4) is 0 Å². The van der Waals surface area contributed by atoms with Gasteiger partial charge < -0.3 is 15.2 Å². The van der Waals surface area contributed by atoms with Crippen molar-refractivity contribution in [2.75, 3.05) is 6.61 Å². The second kappa shape index (κ2) is 8.49. The number of nitrogens with one attached hydrogen (secondary N) is 1. The first-order valence-electron chi connectivity index (χ1n) is 8.69. The van der Waals surface area contributed by atoms with Crippen molar-refractivity contribution in [3.8, 4) is 23.1 Å². The van der Waals surface area contributed by atoms with E-state index in [1.807, 2.05) is 32.9 Å². The van der Waals surface area contributed by atoms with Gasteiger partial charge in [0.15, 0.2) is 0 Å². The van der Waals surface area contributed by atoms with Crippen LogP contribution in [0.2, 0.25) is 0 Å². The Morgan fingerprint density at radius 2 is 2.11 bits per heavy atom. The molecule has 0 spiro atoms. The van der Waals surface area contributed by atoms with E-state index in [-0.39, 0.29) is 12.5 Å². The number of rotatable bonds is 7. The molecule has 1 unspecified atom stereocenters. The standard InChI is InChI=1S/C20H24N4O3/c1-13(2)9-20(4,24-19(25)26)11-27-18-6-5-15(8-16(18)10-21)17-7-14(3)22-12-23-17/h5-8,12-13,24H,9,11H2,1-4H3,(H,25,26). The minimum Gasteiger partial charge on any atom is -0.490 e. The number of carboxylic acid groups (broad SMARTS) is 1. The predicted octanol–water partition coefficient (Wildman–Crippen LogP) is 3.77. The van der Waals surface area contributed by atoms with Crippen molar-refractivity contribution >= 4 is 6.09 Å². The third kappa shape index (κ3) is 5.68. The Hall–Kier alpha value is -3.14. The van der Waals surface area contributed by atoms with Crippen LogP contribution in [0.5, 0.6) is 5.75 Å². The van der Waals surface area contributed by atoms with E-state index in [4.69, 9.17) is 9.84 Å². The molecule has 0 saturated carbocycles. The fourth-order valence-electron chi connectivity index (χ4n) is 3.06. The third-order valence-corrected chi connectivity index (χ3v) is 4.01. The Morgan fingerprint density at radius 1 is 1.37 bits per heavy atom. The van der Waals surface area contributed by atoms with Gasteiger partial charge in [-0.1, -0.05) is 13.8 Å². The molecule has 1 atom stereocenters.